The van der Waals surface area contributed by atoms with Crippen molar-refractivity contribution in [3.05, 3.63) is 94.2 Å². The molecule has 5 rings (SSSR count). The molecule has 1 heterocycles. The number of aryl methyl sites for hydroxylation is 4. The molecule has 0 aliphatic heterocycles. The Labute approximate surface area is 189 Å². The van der Waals surface area contributed by atoms with Crippen molar-refractivity contribution < 1.29 is 9.53 Å². The number of rotatable bonds is 4. The maximum absolute atomic E-state index is 12.8. The van der Waals surface area contributed by atoms with Crippen LogP contribution >= 0.6 is 0 Å². The molecule has 0 amide bonds. The van der Waals surface area contributed by atoms with E-state index >= 15 is 0 Å². The second kappa shape index (κ2) is 8.31. The van der Waals surface area contributed by atoms with Crippen LogP contribution in [0, 0.1) is 26.7 Å². The molecule has 0 saturated heterocycles. The predicted octanol–water partition coefficient (Wildman–Crippen LogP) is 6.61. The van der Waals surface area contributed by atoms with Gasteiger partial charge in [0.25, 0.3) is 0 Å². The Bertz CT molecular complexity index is 1280. The Hall–Kier alpha value is -3.33. The standard InChI is InChI=1S/C29H29NO2/c1-18-14-19(2)27(20(3)15-18)24-11-7-10-23-25-16-22(12-13-26(25)30-28(23)24)29(31)32-17-21-8-5-4-6-9-21/h4-11,14-15,22,30H,12-13,16-17H2,1-3H3. The van der Waals surface area contributed by atoms with Crippen LogP contribution in [0.25, 0.3) is 22.0 Å². The topological polar surface area (TPSA) is 42.1 Å². The van der Waals surface area contributed by atoms with Crippen molar-refractivity contribution in [1.82, 2.24) is 4.98 Å². The molecule has 1 atom stereocenters. The molecule has 1 aromatic heterocycles. The van der Waals surface area contributed by atoms with Crippen molar-refractivity contribution in [3.63, 3.8) is 0 Å². The van der Waals surface area contributed by atoms with E-state index in [0.29, 0.717) is 6.61 Å². The SMILES string of the molecule is Cc1cc(C)c(-c2cccc3c4c([nH]c23)CCC(C(=O)OCc2ccccc2)C4)c(C)c1. The first kappa shape index (κ1) is 20.6. The van der Waals surface area contributed by atoms with Gasteiger partial charge < -0.3 is 9.72 Å². The summed E-state index contributed by atoms with van der Waals surface area (Å²) in [5.41, 5.74) is 11.2. The Kier molecular flexibility index (Phi) is 5.34. The Morgan fingerprint density at radius 3 is 2.50 bits per heavy atom. The van der Waals surface area contributed by atoms with Gasteiger partial charge in [-0.05, 0) is 67.9 Å². The third-order valence-electron chi connectivity index (χ3n) is 6.73. The van der Waals surface area contributed by atoms with E-state index in [0.717, 1.165) is 24.8 Å². The minimum absolute atomic E-state index is 0.0864. The number of carbonyl (C=O) groups excluding carboxylic acids is 1. The molecule has 0 bridgehead atoms. The van der Waals surface area contributed by atoms with E-state index in [2.05, 4.69) is 56.1 Å². The number of esters is 1. The van der Waals surface area contributed by atoms with Gasteiger partial charge >= 0.3 is 5.97 Å². The number of nitrogens with one attached hydrogen (secondary N) is 1. The predicted molar refractivity (Wildman–Crippen MR) is 130 cm³/mol. The third-order valence-corrected chi connectivity index (χ3v) is 6.73. The molecule has 4 aromatic rings. The zero-order valence-corrected chi connectivity index (χ0v) is 19.0. The van der Waals surface area contributed by atoms with Gasteiger partial charge in [0, 0.05) is 16.6 Å². The molecule has 0 saturated carbocycles. The van der Waals surface area contributed by atoms with Gasteiger partial charge in [-0.2, -0.15) is 0 Å². The number of H-pyrrole nitrogens is 1. The van der Waals surface area contributed by atoms with Crippen LogP contribution in [-0.4, -0.2) is 11.0 Å². The maximum Gasteiger partial charge on any atom is 0.309 e. The molecule has 0 fully saturated rings. The molecule has 3 heteroatoms. The third kappa shape index (κ3) is 3.73. The number of aromatic amines is 1. The van der Waals surface area contributed by atoms with Crippen LogP contribution in [-0.2, 0) is 29.0 Å². The van der Waals surface area contributed by atoms with Crippen LogP contribution in [0.5, 0.6) is 0 Å². The number of aromatic nitrogens is 1. The summed E-state index contributed by atoms with van der Waals surface area (Å²) < 4.78 is 5.66. The van der Waals surface area contributed by atoms with Gasteiger partial charge in [0.2, 0.25) is 0 Å². The highest BCUT2D eigenvalue weighted by Gasteiger charge is 2.29. The van der Waals surface area contributed by atoms with Gasteiger partial charge in [-0.1, -0.05) is 66.2 Å². The lowest BCUT2D eigenvalue weighted by atomic mass is 9.86. The first-order valence-electron chi connectivity index (χ1n) is 11.4. The molecule has 0 radical (unpaired) electrons. The van der Waals surface area contributed by atoms with E-state index < -0.39 is 0 Å². The zero-order valence-electron chi connectivity index (χ0n) is 19.0. The number of benzene rings is 3. The van der Waals surface area contributed by atoms with E-state index in [1.807, 2.05) is 30.3 Å². The van der Waals surface area contributed by atoms with Crippen LogP contribution < -0.4 is 0 Å². The van der Waals surface area contributed by atoms with Crippen LogP contribution in [0.3, 0.4) is 0 Å². The largest absolute Gasteiger partial charge is 0.461 e. The molecule has 1 unspecified atom stereocenters. The van der Waals surface area contributed by atoms with Gasteiger partial charge in [0.1, 0.15) is 6.61 Å². The highest BCUT2D eigenvalue weighted by molar-refractivity contribution is 5.98. The van der Waals surface area contributed by atoms with Crippen molar-refractivity contribution in [2.75, 3.05) is 0 Å². The number of fused-ring (bicyclic) bond motifs is 3. The highest BCUT2D eigenvalue weighted by atomic mass is 16.5. The van der Waals surface area contributed by atoms with Crippen molar-refractivity contribution in [2.24, 2.45) is 5.92 Å². The molecule has 1 aliphatic rings. The zero-order chi connectivity index (χ0) is 22.2. The number of ether oxygens (including phenoxy) is 1. The Morgan fingerprint density at radius 2 is 1.75 bits per heavy atom. The van der Waals surface area contributed by atoms with Gasteiger partial charge in [0.15, 0.2) is 0 Å². The summed E-state index contributed by atoms with van der Waals surface area (Å²) in [5, 5.41) is 1.23. The van der Waals surface area contributed by atoms with E-state index in [1.165, 1.54) is 50.0 Å². The fourth-order valence-electron chi connectivity index (χ4n) is 5.30. The molecular weight excluding hydrogens is 394 g/mol. The first-order valence-corrected chi connectivity index (χ1v) is 11.4. The number of para-hydroxylation sites is 1. The first-order chi connectivity index (χ1) is 15.5. The fourth-order valence-corrected chi connectivity index (χ4v) is 5.30. The van der Waals surface area contributed by atoms with Gasteiger partial charge in [-0.25, -0.2) is 0 Å². The second-order valence-electron chi connectivity index (χ2n) is 9.12. The van der Waals surface area contributed by atoms with E-state index in [9.17, 15) is 4.79 Å². The van der Waals surface area contributed by atoms with Crippen LogP contribution in [0.1, 0.15) is 39.9 Å². The molecule has 32 heavy (non-hydrogen) atoms. The molecular formula is C29H29NO2. The van der Waals surface area contributed by atoms with E-state index in [1.54, 1.807) is 0 Å². The Morgan fingerprint density at radius 1 is 1.00 bits per heavy atom. The number of carbonyl (C=O) groups is 1. The quantitative estimate of drug-likeness (QED) is 0.375. The lowest BCUT2D eigenvalue weighted by molar-refractivity contribution is -0.150. The van der Waals surface area contributed by atoms with Crippen molar-refractivity contribution >= 4 is 16.9 Å². The normalized spacial score (nSPS) is 15.5. The maximum atomic E-state index is 12.8. The van der Waals surface area contributed by atoms with Gasteiger partial charge in [-0.3, -0.25) is 4.79 Å². The lowest BCUT2D eigenvalue weighted by Gasteiger charge is -2.21. The highest BCUT2D eigenvalue weighted by Crippen LogP contribution is 2.38. The van der Waals surface area contributed by atoms with Gasteiger partial charge in [0.05, 0.1) is 11.4 Å². The summed E-state index contributed by atoms with van der Waals surface area (Å²) in [7, 11) is 0. The summed E-state index contributed by atoms with van der Waals surface area (Å²) in [6, 6.07) is 20.9. The summed E-state index contributed by atoms with van der Waals surface area (Å²) >= 11 is 0. The second-order valence-corrected chi connectivity index (χ2v) is 9.12. The summed E-state index contributed by atoms with van der Waals surface area (Å²) in [4.78, 5) is 16.5. The average molecular weight is 424 g/mol. The van der Waals surface area contributed by atoms with E-state index in [-0.39, 0.29) is 11.9 Å². The summed E-state index contributed by atoms with van der Waals surface area (Å²) in [6.07, 6.45) is 2.43. The molecule has 1 aliphatic carbocycles. The van der Waals surface area contributed by atoms with Crippen LogP contribution in [0.2, 0.25) is 0 Å². The smallest absolute Gasteiger partial charge is 0.309 e. The summed E-state index contributed by atoms with van der Waals surface area (Å²) in [6.45, 7) is 6.87. The average Bonchev–Trinajstić information content (AvgIpc) is 3.16. The number of hydrogen-bond donors (Lipinski definition) is 1. The summed E-state index contributed by atoms with van der Waals surface area (Å²) in [5.74, 6) is -0.174. The molecule has 0 spiro atoms. The molecule has 1 N–H and O–H groups in total. The molecule has 3 aromatic carbocycles. The van der Waals surface area contributed by atoms with Crippen molar-refractivity contribution in [3.8, 4) is 11.1 Å². The molecule has 162 valence electrons. The van der Waals surface area contributed by atoms with Crippen molar-refractivity contribution in [2.45, 2.75) is 46.6 Å². The number of hydrogen-bond acceptors (Lipinski definition) is 2. The van der Waals surface area contributed by atoms with Crippen LogP contribution in [0.4, 0.5) is 0 Å². The van der Waals surface area contributed by atoms with Crippen molar-refractivity contribution in [1.29, 1.82) is 0 Å². The lowest BCUT2D eigenvalue weighted by Crippen LogP contribution is -2.24. The van der Waals surface area contributed by atoms with E-state index in [4.69, 9.17) is 4.74 Å². The minimum atomic E-state index is -0.0877. The van der Waals surface area contributed by atoms with Gasteiger partial charge in [-0.15, -0.1) is 0 Å². The minimum Gasteiger partial charge on any atom is -0.461 e. The monoisotopic (exact) mass is 423 g/mol. The van der Waals surface area contributed by atoms with Crippen LogP contribution in [0.15, 0.2) is 60.7 Å². The Balaban J connectivity index is 1.44. The fraction of sp³-hybridized carbons (Fsp3) is 0.276. The molecule has 3 nitrogen and oxygen atoms in total.